The molecule has 0 aromatic heterocycles. The van der Waals surface area contributed by atoms with Crippen molar-refractivity contribution in [3.05, 3.63) is 22.2 Å². The maximum absolute atomic E-state index is 11.4. The lowest BCUT2D eigenvalue weighted by Gasteiger charge is -2.11. The molecule has 0 unspecified atom stereocenters. The zero-order valence-electron chi connectivity index (χ0n) is 8.20. The molecule has 1 fully saturated rings. The van der Waals surface area contributed by atoms with Crippen LogP contribution >= 0.6 is 23.2 Å². The van der Waals surface area contributed by atoms with Gasteiger partial charge in [-0.15, -0.1) is 0 Å². The highest BCUT2D eigenvalue weighted by molar-refractivity contribution is 7.89. The molecule has 2 rings (SSSR count). The van der Waals surface area contributed by atoms with Gasteiger partial charge in [-0.25, -0.2) is 13.6 Å². The van der Waals surface area contributed by atoms with Gasteiger partial charge in [0.25, 0.3) is 0 Å². The maximum Gasteiger partial charge on any atom is 0.240 e. The van der Waals surface area contributed by atoms with Gasteiger partial charge in [0.1, 0.15) is 4.90 Å². The number of primary sulfonamides is 1. The number of benzene rings is 1. The van der Waals surface area contributed by atoms with Crippen molar-refractivity contribution in [2.24, 2.45) is 5.14 Å². The number of hydrogen-bond donors (Lipinski definition) is 2. The number of sulfonamides is 1. The summed E-state index contributed by atoms with van der Waals surface area (Å²) in [5, 5.41) is 8.64. The minimum atomic E-state index is -3.80. The number of halogens is 2. The normalized spacial score (nSPS) is 16.2. The van der Waals surface area contributed by atoms with Crippen LogP contribution in [0, 0.1) is 0 Å². The summed E-state index contributed by atoms with van der Waals surface area (Å²) in [7, 11) is -3.80. The van der Waals surface area contributed by atoms with Crippen molar-refractivity contribution >= 4 is 38.9 Å². The fourth-order valence-corrected chi connectivity index (χ4v) is 2.42. The highest BCUT2D eigenvalue weighted by Crippen LogP contribution is 2.34. The third-order valence-corrected chi connectivity index (χ3v) is 3.94. The topological polar surface area (TPSA) is 72.2 Å². The van der Waals surface area contributed by atoms with Gasteiger partial charge < -0.3 is 5.32 Å². The largest absolute Gasteiger partial charge is 0.381 e. The zero-order chi connectivity index (χ0) is 11.9. The van der Waals surface area contributed by atoms with Crippen molar-refractivity contribution in [3.8, 4) is 0 Å². The minimum absolute atomic E-state index is 0.0196. The molecule has 0 spiro atoms. The molecule has 7 heteroatoms. The van der Waals surface area contributed by atoms with Crippen LogP contribution in [0.2, 0.25) is 10.0 Å². The molecule has 4 nitrogen and oxygen atoms in total. The number of nitrogens with one attached hydrogen (secondary N) is 1. The van der Waals surface area contributed by atoms with Crippen molar-refractivity contribution in [2.75, 3.05) is 5.32 Å². The number of rotatable bonds is 3. The lowest BCUT2D eigenvalue weighted by Crippen LogP contribution is -2.15. The molecule has 1 saturated carbocycles. The van der Waals surface area contributed by atoms with Crippen LogP contribution in [-0.2, 0) is 10.0 Å². The van der Waals surface area contributed by atoms with E-state index in [4.69, 9.17) is 28.3 Å². The quantitative estimate of drug-likeness (QED) is 0.892. The van der Waals surface area contributed by atoms with Gasteiger partial charge in [-0.05, 0) is 25.0 Å². The Hall–Kier alpha value is -0.490. The third kappa shape index (κ3) is 2.60. The lowest BCUT2D eigenvalue weighted by atomic mass is 10.3. The lowest BCUT2D eigenvalue weighted by molar-refractivity contribution is 0.598. The standard InChI is InChI=1S/C9H10Cl2N2O2S/c10-6-3-8(13-5-1-2-5)9(4-7(6)11)16(12,14)15/h3-5,13H,1-2H2,(H2,12,14,15). The van der Waals surface area contributed by atoms with Crippen molar-refractivity contribution in [2.45, 2.75) is 23.8 Å². The summed E-state index contributed by atoms with van der Waals surface area (Å²) < 4.78 is 22.7. The second-order valence-electron chi connectivity index (χ2n) is 3.73. The first-order valence-electron chi connectivity index (χ1n) is 4.66. The van der Waals surface area contributed by atoms with E-state index in [-0.39, 0.29) is 9.92 Å². The second-order valence-corrected chi connectivity index (χ2v) is 6.07. The Kier molecular flexibility index (Phi) is 3.05. The van der Waals surface area contributed by atoms with E-state index in [2.05, 4.69) is 5.32 Å². The van der Waals surface area contributed by atoms with E-state index in [1.807, 2.05) is 0 Å². The fourth-order valence-electron chi connectivity index (χ4n) is 1.32. The van der Waals surface area contributed by atoms with Gasteiger partial charge >= 0.3 is 0 Å². The molecule has 16 heavy (non-hydrogen) atoms. The smallest absolute Gasteiger partial charge is 0.240 e. The Morgan fingerprint density at radius 1 is 1.25 bits per heavy atom. The summed E-state index contributed by atoms with van der Waals surface area (Å²) in [5.74, 6) is 0. The Balaban J connectivity index is 2.50. The number of nitrogens with two attached hydrogens (primary N) is 1. The highest BCUT2D eigenvalue weighted by Gasteiger charge is 2.25. The SMILES string of the molecule is NS(=O)(=O)c1cc(Cl)c(Cl)cc1NC1CC1. The molecule has 3 N–H and O–H groups in total. The first-order chi connectivity index (χ1) is 7.38. The van der Waals surface area contributed by atoms with Crippen LogP contribution in [0.25, 0.3) is 0 Å². The molecule has 1 aromatic carbocycles. The molecular weight excluding hydrogens is 271 g/mol. The molecule has 0 radical (unpaired) electrons. The maximum atomic E-state index is 11.4. The van der Waals surface area contributed by atoms with E-state index >= 15 is 0 Å². The van der Waals surface area contributed by atoms with E-state index in [0.717, 1.165) is 12.8 Å². The van der Waals surface area contributed by atoms with Crippen LogP contribution in [0.5, 0.6) is 0 Å². The molecule has 1 aliphatic rings. The van der Waals surface area contributed by atoms with Gasteiger partial charge in [-0.1, -0.05) is 23.2 Å². The summed E-state index contributed by atoms with van der Waals surface area (Å²) in [5.41, 5.74) is 0.416. The van der Waals surface area contributed by atoms with E-state index in [0.29, 0.717) is 16.8 Å². The van der Waals surface area contributed by atoms with Crippen molar-refractivity contribution in [1.82, 2.24) is 0 Å². The van der Waals surface area contributed by atoms with Gasteiger partial charge in [-0.3, -0.25) is 0 Å². The fraction of sp³-hybridized carbons (Fsp3) is 0.333. The Morgan fingerprint density at radius 2 is 1.81 bits per heavy atom. The predicted molar refractivity (Wildman–Crippen MR) is 64.5 cm³/mol. The first-order valence-corrected chi connectivity index (χ1v) is 6.96. The molecule has 0 aliphatic heterocycles. The summed E-state index contributed by atoms with van der Waals surface area (Å²) in [4.78, 5) is -0.0196. The first kappa shape index (κ1) is 12.0. The van der Waals surface area contributed by atoms with Gasteiger partial charge in [0, 0.05) is 6.04 Å². The van der Waals surface area contributed by atoms with Crippen molar-refractivity contribution in [1.29, 1.82) is 0 Å². The summed E-state index contributed by atoms with van der Waals surface area (Å²) in [6.07, 6.45) is 2.04. The van der Waals surface area contributed by atoms with Crippen LogP contribution in [0.3, 0.4) is 0 Å². The summed E-state index contributed by atoms with van der Waals surface area (Å²) in [6.45, 7) is 0. The Labute approximate surface area is 104 Å². The van der Waals surface area contributed by atoms with E-state index in [1.165, 1.54) is 12.1 Å². The van der Waals surface area contributed by atoms with Crippen LogP contribution in [0.15, 0.2) is 17.0 Å². The van der Waals surface area contributed by atoms with E-state index in [9.17, 15) is 8.42 Å². The van der Waals surface area contributed by atoms with E-state index in [1.54, 1.807) is 0 Å². The van der Waals surface area contributed by atoms with Crippen LogP contribution < -0.4 is 10.5 Å². The Morgan fingerprint density at radius 3 is 2.31 bits per heavy atom. The zero-order valence-corrected chi connectivity index (χ0v) is 10.5. The van der Waals surface area contributed by atoms with Crippen LogP contribution in [0.1, 0.15) is 12.8 Å². The molecule has 88 valence electrons. The second kappa shape index (κ2) is 4.07. The van der Waals surface area contributed by atoms with Gasteiger partial charge in [0.05, 0.1) is 15.7 Å². The summed E-state index contributed by atoms with van der Waals surface area (Å²) >= 11 is 11.6. The van der Waals surface area contributed by atoms with Crippen molar-refractivity contribution in [3.63, 3.8) is 0 Å². The van der Waals surface area contributed by atoms with Gasteiger partial charge in [0.2, 0.25) is 10.0 Å². The number of hydrogen-bond acceptors (Lipinski definition) is 3. The predicted octanol–water partition coefficient (Wildman–Crippen LogP) is 2.22. The van der Waals surface area contributed by atoms with Gasteiger partial charge in [-0.2, -0.15) is 0 Å². The van der Waals surface area contributed by atoms with Crippen LogP contribution in [0.4, 0.5) is 5.69 Å². The Bertz CT molecular complexity index is 527. The van der Waals surface area contributed by atoms with Crippen LogP contribution in [-0.4, -0.2) is 14.5 Å². The molecule has 0 amide bonds. The average molecular weight is 281 g/mol. The van der Waals surface area contributed by atoms with Gasteiger partial charge in [0.15, 0.2) is 0 Å². The number of anilines is 1. The summed E-state index contributed by atoms with van der Waals surface area (Å²) in [6, 6.07) is 3.06. The monoisotopic (exact) mass is 280 g/mol. The van der Waals surface area contributed by atoms with Crippen molar-refractivity contribution < 1.29 is 8.42 Å². The van der Waals surface area contributed by atoms with E-state index < -0.39 is 10.0 Å². The molecule has 1 aromatic rings. The average Bonchev–Trinajstić information content (AvgIpc) is 2.93. The molecular formula is C9H10Cl2N2O2S. The molecule has 1 aliphatic carbocycles. The molecule has 0 atom stereocenters. The molecule has 0 heterocycles. The molecule has 0 saturated heterocycles. The highest BCUT2D eigenvalue weighted by atomic mass is 35.5. The molecule has 0 bridgehead atoms. The third-order valence-electron chi connectivity index (χ3n) is 2.27. The minimum Gasteiger partial charge on any atom is -0.381 e.